The highest BCUT2D eigenvalue weighted by Gasteiger charge is 2.25. The summed E-state index contributed by atoms with van der Waals surface area (Å²) in [7, 11) is -1.63. The van der Waals surface area contributed by atoms with E-state index in [1.54, 1.807) is 0 Å². The van der Waals surface area contributed by atoms with Crippen LogP contribution >= 0.6 is 0 Å². The van der Waals surface area contributed by atoms with Gasteiger partial charge in [-0.25, -0.2) is 0 Å². The number of hydrogen-bond donors (Lipinski definition) is 2. The van der Waals surface area contributed by atoms with Gasteiger partial charge < -0.3 is 19.5 Å². The van der Waals surface area contributed by atoms with Crippen molar-refractivity contribution in [3.8, 4) is 17.6 Å². The Morgan fingerprint density at radius 1 is 1.20 bits per heavy atom. The van der Waals surface area contributed by atoms with E-state index in [1.807, 2.05) is 6.07 Å². The van der Waals surface area contributed by atoms with Crippen molar-refractivity contribution in [3.63, 3.8) is 0 Å². The van der Waals surface area contributed by atoms with Crippen molar-refractivity contribution in [2.45, 2.75) is 0 Å². The maximum absolute atomic E-state index is 9.08. The standard InChI is InChI=1S/C9H8BNO4/c11-5-6-1-2-7(10(12)13)9-8(6)14-3-4-15-9/h1-2,12-13H,3-4H2. The van der Waals surface area contributed by atoms with Crippen LogP contribution in [-0.2, 0) is 0 Å². The molecule has 0 radical (unpaired) electrons. The Bertz CT molecular complexity index is 427. The molecule has 0 saturated carbocycles. The Kier molecular flexibility index (Phi) is 2.50. The molecular formula is C9H8BNO4. The molecule has 0 amide bonds. The first-order valence-electron chi connectivity index (χ1n) is 4.42. The van der Waals surface area contributed by atoms with Gasteiger partial charge in [0.1, 0.15) is 19.3 Å². The van der Waals surface area contributed by atoms with Gasteiger partial charge >= 0.3 is 7.12 Å². The van der Waals surface area contributed by atoms with Gasteiger partial charge in [0.2, 0.25) is 0 Å². The zero-order valence-corrected chi connectivity index (χ0v) is 7.80. The van der Waals surface area contributed by atoms with Gasteiger partial charge in [-0.15, -0.1) is 0 Å². The molecule has 2 rings (SSSR count). The Labute approximate surface area is 86.6 Å². The molecule has 0 spiro atoms. The summed E-state index contributed by atoms with van der Waals surface area (Å²) < 4.78 is 10.5. The fourth-order valence-corrected chi connectivity index (χ4v) is 1.45. The topological polar surface area (TPSA) is 82.7 Å². The summed E-state index contributed by atoms with van der Waals surface area (Å²) in [5.74, 6) is 0.532. The molecule has 2 N–H and O–H groups in total. The molecule has 1 heterocycles. The summed E-state index contributed by atoms with van der Waals surface area (Å²) in [4.78, 5) is 0. The van der Waals surface area contributed by atoms with E-state index in [0.717, 1.165) is 0 Å². The molecular weight excluding hydrogens is 197 g/mol. The van der Waals surface area contributed by atoms with E-state index < -0.39 is 7.12 Å². The van der Waals surface area contributed by atoms with E-state index in [2.05, 4.69) is 0 Å². The van der Waals surface area contributed by atoms with Crippen LogP contribution in [0.25, 0.3) is 0 Å². The van der Waals surface area contributed by atoms with Crippen molar-refractivity contribution in [1.29, 1.82) is 5.26 Å². The van der Waals surface area contributed by atoms with Gasteiger partial charge in [0.25, 0.3) is 0 Å². The molecule has 6 heteroatoms. The van der Waals surface area contributed by atoms with E-state index >= 15 is 0 Å². The first-order chi connectivity index (χ1) is 7.24. The van der Waals surface area contributed by atoms with Crippen LogP contribution in [0.5, 0.6) is 11.5 Å². The Hall–Kier alpha value is -1.71. The lowest BCUT2D eigenvalue weighted by atomic mass is 9.78. The minimum atomic E-state index is -1.63. The summed E-state index contributed by atoms with van der Waals surface area (Å²) >= 11 is 0. The maximum Gasteiger partial charge on any atom is 0.492 e. The highest BCUT2D eigenvalue weighted by molar-refractivity contribution is 6.59. The third kappa shape index (κ3) is 1.63. The van der Waals surface area contributed by atoms with Crippen LogP contribution in [0.1, 0.15) is 5.56 Å². The van der Waals surface area contributed by atoms with Crippen molar-refractivity contribution in [3.05, 3.63) is 17.7 Å². The van der Waals surface area contributed by atoms with E-state index in [4.69, 9.17) is 24.8 Å². The highest BCUT2D eigenvalue weighted by atomic mass is 16.6. The Morgan fingerprint density at radius 2 is 1.87 bits per heavy atom. The SMILES string of the molecule is N#Cc1ccc(B(O)O)c2c1OCCO2. The van der Waals surface area contributed by atoms with E-state index in [9.17, 15) is 0 Å². The van der Waals surface area contributed by atoms with Gasteiger partial charge in [-0.05, 0) is 6.07 Å². The lowest BCUT2D eigenvalue weighted by Gasteiger charge is -2.21. The normalized spacial score (nSPS) is 13.1. The average molecular weight is 205 g/mol. The zero-order chi connectivity index (χ0) is 10.8. The van der Waals surface area contributed by atoms with Crippen LogP contribution in [0.4, 0.5) is 0 Å². The molecule has 0 unspecified atom stereocenters. The molecule has 5 nitrogen and oxygen atoms in total. The molecule has 0 fully saturated rings. The van der Waals surface area contributed by atoms with Crippen molar-refractivity contribution < 1.29 is 19.5 Å². The molecule has 0 saturated heterocycles. The van der Waals surface area contributed by atoms with Gasteiger partial charge in [0.15, 0.2) is 11.5 Å². The smallest absolute Gasteiger partial charge is 0.486 e. The number of rotatable bonds is 1. The number of fused-ring (bicyclic) bond motifs is 1. The fraction of sp³-hybridized carbons (Fsp3) is 0.222. The van der Waals surface area contributed by atoms with Crippen molar-refractivity contribution in [1.82, 2.24) is 0 Å². The summed E-state index contributed by atoms with van der Waals surface area (Å²) in [6.45, 7) is 0.689. The van der Waals surface area contributed by atoms with Gasteiger partial charge in [-0.1, -0.05) is 6.07 Å². The second-order valence-corrected chi connectivity index (χ2v) is 3.04. The first-order valence-corrected chi connectivity index (χ1v) is 4.42. The van der Waals surface area contributed by atoms with Crippen molar-refractivity contribution in [2.75, 3.05) is 13.2 Å². The van der Waals surface area contributed by atoms with E-state index in [1.165, 1.54) is 12.1 Å². The fourth-order valence-electron chi connectivity index (χ4n) is 1.45. The largest absolute Gasteiger partial charge is 0.492 e. The summed E-state index contributed by atoms with van der Waals surface area (Å²) in [5.41, 5.74) is 0.540. The number of benzene rings is 1. The lowest BCUT2D eigenvalue weighted by Crippen LogP contribution is -2.34. The minimum absolute atomic E-state index is 0.212. The van der Waals surface area contributed by atoms with Crippen molar-refractivity contribution >= 4 is 12.6 Å². The number of nitriles is 1. The van der Waals surface area contributed by atoms with Gasteiger partial charge in [0, 0.05) is 5.46 Å². The van der Waals surface area contributed by atoms with Gasteiger partial charge in [-0.3, -0.25) is 0 Å². The predicted molar refractivity (Wildman–Crippen MR) is 52.0 cm³/mol. The third-order valence-electron chi connectivity index (χ3n) is 2.12. The number of hydrogen-bond acceptors (Lipinski definition) is 5. The van der Waals surface area contributed by atoms with Gasteiger partial charge in [0.05, 0.1) is 5.56 Å². The highest BCUT2D eigenvalue weighted by Crippen LogP contribution is 2.31. The second-order valence-electron chi connectivity index (χ2n) is 3.04. The van der Waals surface area contributed by atoms with Crippen LogP contribution in [-0.4, -0.2) is 30.4 Å². The summed E-state index contributed by atoms with van der Waals surface area (Å²) in [6.07, 6.45) is 0. The molecule has 0 aliphatic carbocycles. The lowest BCUT2D eigenvalue weighted by molar-refractivity contribution is 0.172. The summed E-state index contributed by atoms with van der Waals surface area (Å²) in [5, 5.41) is 27.0. The average Bonchev–Trinajstić information content (AvgIpc) is 2.27. The predicted octanol–water partition coefficient (Wildman–Crippen LogP) is -0.991. The van der Waals surface area contributed by atoms with Crippen LogP contribution in [0.2, 0.25) is 0 Å². The van der Waals surface area contributed by atoms with Crippen LogP contribution in [0.15, 0.2) is 12.1 Å². The second kappa shape index (κ2) is 3.81. The maximum atomic E-state index is 9.08. The zero-order valence-electron chi connectivity index (χ0n) is 7.80. The monoisotopic (exact) mass is 205 g/mol. The van der Waals surface area contributed by atoms with Crippen molar-refractivity contribution in [2.24, 2.45) is 0 Å². The van der Waals surface area contributed by atoms with Crippen LogP contribution in [0.3, 0.4) is 0 Å². The summed E-state index contributed by atoms with van der Waals surface area (Å²) in [6, 6.07) is 4.87. The first kappa shape index (κ1) is 9.83. The molecule has 1 aromatic rings. The molecule has 0 bridgehead atoms. The molecule has 1 aromatic carbocycles. The Morgan fingerprint density at radius 3 is 2.47 bits per heavy atom. The van der Waals surface area contributed by atoms with E-state index in [0.29, 0.717) is 18.8 Å². The quantitative estimate of drug-likeness (QED) is 0.575. The van der Waals surface area contributed by atoms with Crippen LogP contribution < -0.4 is 14.9 Å². The molecule has 1 aliphatic rings. The number of nitrogens with zero attached hydrogens (tertiary/aromatic N) is 1. The number of ether oxygens (including phenoxy) is 2. The molecule has 15 heavy (non-hydrogen) atoms. The molecule has 1 aliphatic heterocycles. The van der Waals surface area contributed by atoms with E-state index in [-0.39, 0.29) is 17.0 Å². The third-order valence-corrected chi connectivity index (χ3v) is 2.12. The molecule has 0 aromatic heterocycles. The minimum Gasteiger partial charge on any atom is -0.486 e. The Balaban J connectivity index is 2.58. The van der Waals surface area contributed by atoms with Gasteiger partial charge in [-0.2, -0.15) is 5.26 Å². The molecule has 0 atom stereocenters. The molecule has 76 valence electrons. The van der Waals surface area contributed by atoms with Crippen LogP contribution in [0, 0.1) is 11.3 Å².